The molecule has 0 aromatic rings. The maximum absolute atomic E-state index is 8.76. The summed E-state index contributed by atoms with van der Waals surface area (Å²) >= 11 is 0. The molecule has 1 unspecified atom stereocenters. The average molecular weight is 209 g/mol. The van der Waals surface area contributed by atoms with Crippen molar-refractivity contribution in [3.63, 3.8) is 0 Å². The number of hydrogen-bond donors (Lipinski definition) is 1. The van der Waals surface area contributed by atoms with Gasteiger partial charge in [-0.25, -0.2) is 0 Å². The predicted molar refractivity (Wildman–Crippen MR) is 62.6 cm³/mol. The van der Waals surface area contributed by atoms with E-state index >= 15 is 0 Å². The van der Waals surface area contributed by atoms with Gasteiger partial charge in [-0.1, -0.05) is 6.92 Å². The smallest absolute Gasteiger partial charge is 0.0638 e. The van der Waals surface area contributed by atoms with Crippen molar-refractivity contribution in [1.82, 2.24) is 10.2 Å². The maximum atomic E-state index is 8.76. The van der Waals surface area contributed by atoms with Crippen LogP contribution in [0.4, 0.5) is 0 Å². The lowest BCUT2D eigenvalue weighted by Gasteiger charge is -2.42. The van der Waals surface area contributed by atoms with E-state index < -0.39 is 0 Å². The van der Waals surface area contributed by atoms with E-state index in [1.54, 1.807) is 0 Å². The summed E-state index contributed by atoms with van der Waals surface area (Å²) in [5, 5.41) is 12.2. The molecule has 1 saturated heterocycles. The van der Waals surface area contributed by atoms with Gasteiger partial charge in [0.05, 0.1) is 12.5 Å². The largest absolute Gasteiger partial charge is 0.314 e. The molecule has 1 aliphatic rings. The van der Waals surface area contributed by atoms with Crippen LogP contribution in [0.2, 0.25) is 0 Å². The highest BCUT2D eigenvalue weighted by atomic mass is 15.2. The fourth-order valence-electron chi connectivity index (χ4n) is 2.27. The van der Waals surface area contributed by atoms with Crippen LogP contribution >= 0.6 is 0 Å². The van der Waals surface area contributed by atoms with Crippen LogP contribution in [0.25, 0.3) is 0 Å². The van der Waals surface area contributed by atoms with Crippen molar-refractivity contribution < 1.29 is 0 Å². The van der Waals surface area contributed by atoms with Gasteiger partial charge in [-0.05, 0) is 33.2 Å². The number of piperidine rings is 1. The predicted octanol–water partition coefficient (Wildman–Crippen LogP) is 1.75. The molecule has 15 heavy (non-hydrogen) atoms. The molecule has 0 aliphatic carbocycles. The van der Waals surface area contributed by atoms with Gasteiger partial charge in [-0.2, -0.15) is 5.26 Å². The first-order valence-corrected chi connectivity index (χ1v) is 5.95. The Morgan fingerprint density at radius 3 is 2.47 bits per heavy atom. The molecule has 1 aliphatic heterocycles. The zero-order valence-corrected chi connectivity index (χ0v) is 10.2. The molecule has 0 aromatic carbocycles. The molecule has 3 heteroatoms. The quantitative estimate of drug-likeness (QED) is 0.766. The number of nitrogens with one attached hydrogen (secondary N) is 1. The summed E-state index contributed by atoms with van der Waals surface area (Å²) in [6, 6.07) is 2.76. The van der Waals surface area contributed by atoms with Crippen molar-refractivity contribution in [3.8, 4) is 6.07 Å². The summed E-state index contributed by atoms with van der Waals surface area (Å²) in [6.45, 7) is 6.71. The number of nitriles is 1. The number of rotatable bonds is 4. The van der Waals surface area contributed by atoms with Crippen molar-refractivity contribution in [2.24, 2.45) is 0 Å². The molecule has 1 rings (SSSR count). The van der Waals surface area contributed by atoms with E-state index in [-0.39, 0.29) is 0 Å². The Bertz CT molecular complexity index is 224. The summed E-state index contributed by atoms with van der Waals surface area (Å²) in [6.07, 6.45) is 4.13. The molecule has 0 bridgehead atoms. The first-order chi connectivity index (χ1) is 7.15. The van der Waals surface area contributed by atoms with E-state index in [9.17, 15) is 0 Å². The normalized spacial score (nSPS) is 23.3. The van der Waals surface area contributed by atoms with E-state index in [1.807, 2.05) is 7.05 Å². The second-order valence-corrected chi connectivity index (χ2v) is 4.77. The SMILES string of the molecule is CCC(CC#N)N1CCC(C)(NC)CC1. The molecule has 3 nitrogen and oxygen atoms in total. The van der Waals surface area contributed by atoms with Crippen molar-refractivity contribution in [3.05, 3.63) is 0 Å². The summed E-state index contributed by atoms with van der Waals surface area (Å²) in [5.74, 6) is 0. The second-order valence-electron chi connectivity index (χ2n) is 4.77. The third-order valence-corrected chi connectivity index (χ3v) is 3.82. The lowest BCUT2D eigenvalue weighted by atomic mass is 9.88. The molecule has 1 heterocycles. The van der Waals surface area contributed by atoms with Crippen LogP contribution in [0.15, 0.2) is 0 Å². The first-order valence-electron chi connectivity index (χ1n) is 5.95. The van der Waals surface area contributed by atoms with Crippen LogP contribution in [-0.4, -0.2) is 36.6 Å². The Labute approximate surface area is 93.5 Å². The zero-order valence-electron chi connectivity index (χ0n) is 10.2. The second kappa shape index (κ2) is 5.48. The molecule has 1 N–H and O–H groups in total. The molecule has 0 amide bonds. The van der Waals surface area contributed by atoms with Crippen LogP contribution in [0.3, 0.4) is 0 Å². The minimum Gasteiger partial charge on any atom is -0.314 e. The van der Waals surface area contributed by atoms with Gasteiger partial charge >= 0.3 is 0 Å². The Kier molecular flexibility index (Phi) is 4.56. The highest BCUT2D eigenvalue weighted by molar-refractivity contribution is 4.91. The van der Waals surface area contributed by atoms with E-state index in [0.29, 0.717) is 18.0 Å². The molecular formula is C12H23N3. The standard InChI is InChI=1S/C12H23N3/c1-4-11(5-8-13)15-9-6-12(2,14-3)7-10-15/h11,14H,4-7,9-10H2,1-3H3. The summed E-state index contributed by atoms with van der Waals surface area (Å²) in [7, 11) is 2.04. The molecule has 0 aromatic heterocycles. The summed E-state index contributed by atoms with van der Waals surface area (Å²) < 4.78 is 0. The Balaban J connectivity index is 2.45. The molecular weight excluding hydrogens is 186 g/mol. The highest BCUT2D eigenvalue weighted by Crippen LogP contribution is 2.24. The molecule has 1 atom stereocenters. The molecule has 86 valence electrons. The van der Waals surface area contributed by atoms with Gasteiger partial charge < -0.3 is 5.32 Å². The van der Waals surface area contributed by atoms with Crippen molar-refractivity contribution in [2.45, 2.75) is 51.1 Å². The third kappa shape index (κ3) is 3.19. The van der Waals surface area contributed by atoms with Gasteiger partial charge in [-0.3, -0.25) is 4.90 Å². The van der Waals surface area contributed by atoms with E-state index in [1.165, 1.54) is 12.8 Å². The minimum absolute atomic E-state index is 0.307. The van der Waals surface area contributed by atoms with Crippen LogP contribution in [0.1, 0.15) is 39.5 Å². The maximum Gasteiger partial charge on any atom is 0.0638 e. The number of hydrogen-bond acceptors (Lipinski definition) is 3. The lowest BCUT2D eigenvalue weighted by molar-refractivity contribution is 0.109. The lowest BCUT2D eigenvalue weighted by Crippen LogP contribution is -2.52. The topological polar surface area (TPSA) is 39.1 Å². The molecule has 0 radical (unpaired) electrons. The Morgan fingerprint density at radius 2 is 2.07 bits per heavy atom. The molecule has 0 spiro atoms. The van der Waals surface area contributed by atoms with Gasteiger partial charge in [0.25, 0.3) is 0 Å². The monoisotopic (exact) mass is 209 g/mol. The Hall–Kier alpha value is -0.590. The zero-order chi connectivity index (χ0) is 11.3. The summed E-state index contributed by atoms with van der Waals surface area (Å²) in [5.41, 5.74) is 0.307. The van der Waals surface area contributed by atoms with Gasteiger partial charge in [0.2, 0.25) is 0 Å². The minimum atomic E-state index is 0.307. The fourth-order valence-corrected chi connectivity index (χ4v) is 2.27. The fraction of sp³-hybridized carbons (Fsp3) is 0.917. The van der Waals surface area contributed by atoms with E-state index in [4.69, 9.17) is 5.26 Å². The molecule has 0 saturated carbocycles. The van der Waals surface area contributed by atoms with Crippen molar-refractivity contribution in [1.29, 1.82) is 5.26 Å². The van der Waals surface area contributed by atoms with Crippen molar-refractivity contribution >= 4 is 0 Å². The van der Waals surface area contributed by atoms with Gasteiger partial charge in [0, 0.05) is 24.7 Å². The van der Waals surface area contributed by atoms with Gasteiger partial charge in [0.1, 0.15) is 0 Å². The van der Waals surface area contributed by atoms with Gasteiger partial charge in [0.15, 0.2) is 0 Å². The Morgan fingerprint density at radius 1 is 1.47 bits per heavy atom. The van der Waals surface area contributed by atoms with Crippen LogP contribution in [0.5, 0.6) is 0 Å². The number of likely N-dealkylation sites (tertiary alicyclic amines) is 1. The number of nitrogens with zero attached hydrogens (tertiary/aromatic N) is 2. The van der Waals surface area contributed by atoms with Crippen LogP contribution < -0.4 is 5.32 Å². The third-order valence-electron chi connectivity index (χ3n) is 3.82. The van der Waals surface area contributed by atoms with Crippen molar-refractivity contribution in [2.75, 3.05) is 20.1 Å². The van der Waals surface area contributed by atoms with Crippen LogP contribution in [0, 0.1) is 11.3 Å². The van der Waals surface area contributed by atoms with E-state index in [0.717, 1.165) is 19.5 Å². The van der Waals surface area contributed by atoms with Gasteiger partial charge in [-0.15, -0.1) is 0 Å². The van der Waals surface area contributed by atoms with E-state index in [2.05, 4.69) is 30.1 Å². The van der Waals surface area contributed by atoms with Crippen LogP contribution in [-0.2, 0) is 0 Å². The highest BCUT2D eigenvalue weighted by Gasteiger charge is 2.30. The first kappa shape index (κ1) is 12.5. The summed E-state index contributed by atoms with van der Waals surface area (Å²) in [4.78, 5) is 2.47. The molecule has 1 fully saturated rings. The average Bonchev–Trinajstić information content (AvgIpc) is 2.27.